The minimum absolute atomic E-state index is 0.0123. The number of anilines is 1. The molecule has 1 heterocycles. The highest BCUT2D eigenvalue weighted by molar-refractivity contribution is 7.90. The number of nitrogens with one attached hydrogen (secondary N) is 1. The van der Waals surface area contributed by atoms with Crippen molar-refractivity contribution in [3.05, 3.63) is 71.1 Å². The van der Waals surface area contributed by atoms with Crippen LogP contribution in [-0.4, -0.2) is 30.8 Å². The van der Waals surface area contributed by atoms with E-state index in [9.17, 15) is 13.2 Å². The Morgan fingerprint density at radius 3 is 2.31 bits per heavy atom. The van der Waals surface area contributed by atoms with E-state index in [0.717, 1.165) is 17.4 Å². The van der Waals surface area contributed by atoms with Crippen molar-refractivity contribution in [3.8, 4) is 0 Å². The predicted octanol–water partition coefficient (Wildman–Crippen LogP) is 2.62. The monoisotopic (exact) mass is 371 g/mol. The van der Waals surface area contributed by atoms with Gasteiger partial charge in [-0.2, -0.15) is 0 Å². The fourth-order valence-electron chi connectivity index (χ4n) is 2.28. The molecule has 134 valence electrons. The van der Waals surface area contributed by atoms with Crippen LogP contribution in [-0.2, 0) is 16.3 Å². The van der Waals surface area contributed by atoms with Crippen LogP contribution in [0.15, 0.2) is 57.8 Å². The SMILES string of the molecule is Cc1ccc(C(=O)Nc2nnc(Cc3ccc(S(C)(=O)=O)cc3)o2)cc1. The zero-order valence-electron chi connectivity index (χ0n) is 14.3. The maximum atomic E-state index is 12.1. The van der Waals surface area contributed by atoms with E-state index in [4.69, 9.17) is 4.42 Å². The number of carbonyl (C=O) groups excluding carboxylic acids is 1. The molecule has 0 atom stereocenters. The summed E-state index contributed by atoms with van der Waals surface area (Å²) in [7, 11) is -3.23. The number of rotatable bonds is 5. The number of carbonyl (C=O) groups is 1. The second-order valence-corrected chi connectivity index (χ2v) is 7.93. The molecule has 0 aliphatic heterocycles. The third-order valence-electron chi connectivity index (χ3n) is 3.71. The van der Waals surface area contributed by atoms with Crippen LogP contribution in [0.25, 0.3) is 0 Å². The first kappa shape index (κ1) is 17.8. The molecule has 3 aromatic rings. The first-order valence-corrected chi connectivity index (χ1v) is 9.70. The Labute approximate surface area is 151 Å². The van der Waals surface area contributed by atoms with Crippen LogP contribution >= 0.6 is 0 Å². The Balaban J connectivity index is 1.66. The van der Waals surface area contributed by atoms with Gasteiger partial charge in [0.05, 0.1) is 11.3 Å². The minimum atomic E-state index is -3.23. The van der Waals surface area contributed by atoms with Gasteiger partial charge in [-0.05, 0) is 36.8 Å². The van der Waals surface area contributed by atoms with Crippen molar-refractivity contribution in [1.82, 2.24) is 10.2 Å². The second-order valence-electron chi connectivity index (χ2n) is 5.91. The zero-order valence-corrected chi connectivity index (χ0v) is 15.1. The number of benzene rings is 2. The van der Waals surface area contributed by atoms with E-state index in [1.54, 1.807) is 24.3 Å². The lowest BCUT2D eigenvalue weighted by atomic mass is 10.1. The van der Waals surface area contributed by atoms with Crippen LogP contribution in [0.5, 0.6) is 0 Å². The van der Waals surface area contributed by atoms with Crippen molar-refractivity contribution in [2.75, 3.05) is 11.6 Å². The Kier molecular flexibility index (Phi) is 4.85. The first-order valence-electron chi connectivity index (χ1n) is 7.81. The summed E-state index contributed by atoms with van der Waals surface area (Å²) in [6, 6.07) is 13.6. The van der Waals surface area contributed by atoms with Crippen molar-refractivity contribution in [2.24, 2.45) is 0 Å². The summed E-state index contributed by atoms with van der Waals surface area (Å²) in [5, 5.41) is 10.3. The standard InChI is InChI=1S/C18H17N3O4S/c1-12-3-7-14(8-4-12)17(22)19-18-21-20-16(25-18)11-13-5-9-15(10-6-13)26(2,23)24/h3-10H,11H2,1-2H3,(H,19,21,22). The summed E-state index contributed by atoms with van der Waals surface area (Å²) < 4.78 is 28.4. The first-order chi connectivity index (χ1) is 12.3. The van der Waals surface area contributed by atoms with Gasteiger partial charge in [-0.15, -0.1) is 5.10 Å². The molecule has 0 spiro atoms. The van der Waals surface area contributed by atoms with Gasteiger partial charge in [-0.1, -0.05) is 34.9 Å². The van der Waals surface area contributed by atoms with Crippen molar-refractivity contribution in [3.63, 3.8) is 0 Å². The van der Waals surface area contributed by atoms with Gasteiger partial charge >= 0.3 is 6.01 Å². The van der Waals surface area contributed by atoms with E-state index in [0.29, 0.717) is 17.9 Å². The number of aryl methyl sites for hydroxylation is 1. The van der Waals surface area contributed by atoms with Crippen LogP contribution < -0.4 is 5.32 Å². The Morgan fingerprint density at radius 1 is 1.04 bits per heavy atom. The van der Waals surface area contributed by atoms with E-state index in [1.165, 1.54) is 12.1 Å². The van der Waals surface area contributed by atoms with Crippen LogP contribution in [0.2, 0.25) is 0 Å². The molecule has 2 aromatic carbocycles. The largest absolute Gasteiger partial charge is 0.407 e. The van der Waals surface area contributed by atoms with E-state index in [1.807, 2.05) is 19.1 Å². The van der Waals surface area contributed by atoms with Crippen LogP contribution in [0.4, 0.5) is 6.01 Å². The molecule has 0 fully saturated rings. The van der Waals surface area contributed by atoms with Gasteiger partial charge in [0.25, 0.3) is 5.91 Å². The van der Waals surface area contributed by atoms with E-state index < -0.39 is 9.84 Å². The molecule has 0 bridgehead atoms. The molecule has 1 aromatic heterocycles. The van der Waals surface area contributed by atoms with Crippen molar-refractivity contribution >= 4 is 21.8 Å². The number of sulfone groups is 1. The van der Waals surface area contributed by atoms with Crippen LogP contribution in [0.1, 0.15) is 27.4 Å². The molecule has 0 aliphatic carbocycles. The Bertz CT molecular complexity index is 1020. The highest BCUT2D eigenvalue weighted by atomic mass is 32.2. The van der Waals surface area contributed by atoms with Gasteiger partial charge in [0.1, 0.15) is 0 Å². The highest BCUT2D eigenvalue weighted by Crippen LogP contribution is 2.15. The molecule has 0 saturated heterocycles. The van der Waals surface area contributed by atoms with Gasteiger partial charge in [0.2, 0.25) is 5.89 Å². The molecule has 7 nitrogen and oxygen atoms in total. The highest BCUT2D eigenvalue weighted by Gasteiger charge is 2.12. The maximum Gasteiger partial charge on any atom is 0.322 e. The van der Waals surface area contributed by atoms with Crippen LogP contribution in [0.3, 0.4) is 0 Å². The molecule has 3 rings (SSSR count). The molecule has 8 heteroatoms. The number of hydrogen-bond acceptors (Lipinski definition) is 6. The topological polar surface area (TPSA) is 102 Å². The fourth-order valence-corrected chi connectivity index (χ4v) is 2.91. The van der Waals surface area contributed by atoms with Crippen LogP contribution in [0, 0.1) is 6.92 Å². The maximum absolute atomic E-state index is 12.1. The molecule has 26 heavy (non-hydrogen) atoms. The fraction of sp³-hybridized carbons (Fsp3) is 0.167. The summed E-state index contributed by atoms with van der Waals surface area (Å²) >= 11 is 0. The van der Waals surface area contributed by atoms with Gasteiger partial charge in [0, 0.05) is 11.8 Å². The number of nitrogens with zero attached hydrogens (tertiary/aromatic N) is 2. The third kappa shape index (κ3) is 4.34. The second kappa shape index (κ2) is 7.09. The third-order valence-corrected chi connectivity index (χ3v) is 4.84. The summed E-state index contributed by atoms with van der Waals surface area (Å²) in [5.74, 6) is -0.0194. The van der Waals surface area contributed by atoms with Gasteiger partial charge in [-0.25, -0.2) is 8.42 Å². The summed E-state index contributed by atoms with van der Waals surface area (Å²) in [6.45, 7) is 1.94. The average Bonchev–Trinajstić information content (AvgIpc) is 3.02. The van der Waals surface area contributed by atoms with Crippen molar-refractivity contribution < 1.29 is 17.6 Å². The minimum Gasteiger partial charge on any atom is -0.407 e. The molecule has 1 N–H and O–H groups in total. The lowest BCUT2D eigenvalue weighted by Gasteiger charge is -2.01. The van der Waals surface area contributed by atoms with Gasteiger partial charge in [0.15, 0.2) is 9.84 Å². The Morgan fingerprint density at radius 2 is 1.69 bits per heavy atom. The molecule has 1 amide bonds. The smallest absolute Gasteiger partial charge is 0.322 e. The predicted molar refractivity (Wildman–Crippen MR) is 95.8 cm³/mol. The van der Waals surface area contributed by atoms with E-state index >= 15 is 0 Å². The molecule has 0 aliphatic rings. The van der Waals surface area contributed by atoms with E-state index in [2.05, 4.69) is 15.5 Å². The zero-order chi connectivity index (χ0) is 18.7. The van der Waals surface area contributed by atoms with Gasteiger partial charge < -0.3 is 4.42 Å². The summed E-state index contributed by atoms with van der Waals surface area (Å²) in [5.41, 5.74) is 2.37. The van der Waals surface area contributed by atoms with Gasteiger partial charge in [-0.3, -0.25) is 10.1 Å². The van der Waals surface area contributed by atoms with Crippen molar-refractivity contribution in [1.29, 1.82) is 0 Å². The quantitative estimate of drug-likeness (QED) is 0.740. The molecular formula is C18H17N3O4S. The summed E-state index contributed by atoms with van der Waals surface area (Å²) in [4.78, 5) is 12.4. The molecule has 0 saturated carbocycles. The van der Waals surface area contributed by atoms with E-state index in [-0.39, 0.29) is 16.8 Å². The van der Waals surface area contributed by atoms with Crippen molar-refractivity contribution in [2.45, 2.75) is 18.2 Å². The number of hydrogen-bond donors (Lipinski definition) is 1. The number of amides is 1. The number of aromatic nitrogens is 2. The molecule has 0 radical (unpaired) electrons. The summed E-state index contributed by atoms with van der Waals surface area (Å²) in [6.07, 6.45) is 1.49. The molecular weight excluding hydrogens is 354 g/mol. The lowest BCUT2D eigenvalue weighted by molar-refractivity contribution is 0.102. The Hall–Kier alpha value is -3.00. The molecule has 0 unspecified atom stereocenters. The normalized spacial score (nSPS) is 11.3. The lowest BCUT2D eigenvalue weighted by Crippen LogP contribution is -2.11. The average molecular weight is 371 g/mol.